The summed E-state index contributed by atoms with van der Waals surface area (Å²) >= 11 is 0. The largest absolute Gasteiger partial charge is 0.444 e. The second kappa shape index (κ2) is 4.87. The van der Waals surface area contributed by atoms with Gasteiger partial charge in [-0.15, -0.1) is 6.42 Å². The van der Waals surface area contributed by atoms with Crippen molar-refractivity contribution in [3.8, 4) is 24.3 Å². The van der Waals surface area contributed by atoms with Gasteiger partial charge in [-0.25, -0.2) is 10.8 Å². The lowest BCUT2D eigenvalue weighted by molar-refractivity contribution is 0.156. The third-order valence-corrected chi connectivity index (χ3v) is 2.05. The van der Waals surface area contributed by atoms with E-state index in [0.717, 1.165) is 0 Å². The minimum absolute atomic E-state index is 0.0383. The number of hydrogen-bond donors (Lipinski definition) is 2. The molecule has 0 aliphatic rings. The second-order valence-corrected chi connectivity index (χ2v) is 3.98. The third-order valence-electron chi connectivity index (χ3n) is 2.05. The predicted molar refractivity (Wildman–Crippen MR) is 66.1 cm³/mol. The van der Waals surface area contributed by atoms with Crippen molar-refractivity contribution in [1.82, 2.24) is 29.7 Å². The number of aromatic nitrogens is 6. The molecule has 9 heteroatoms. The van der Waals surface area contributed by atoms with E-state index in [2.05, 4.69) is 36.4 Å². The fourth-order valence-electron chi connectivity index (χ4n) is 1.13. The Morgan fingerprint density at radius 1 is 1.42 bits per heavy atom. The molecule has 19 heavy (non-hydrogen) atoms. The van der Waals surface area contributed by atoms with E-state index in [1.54, 1.807) is 13.8 Å². The molecular formula is C10H12N8O. The summed E-state index contributed by atoms with van der Waals surface area (Å²) in [5.41, 5.74) is 1.46. The van der Waals surface area contributed by atoms with Gasteiger partial charge in [0.05, 0.1) is 0 Å². The van der Waals surface area contributed by atoms with Crippen LogP contribution in [0.4, 0.5) is 5.95 Å². The normalized spacial score (nSPS) is 10.8. The van der Waals surface area contributed by atoms with Gasteiger partial charge in [0.1, 0.15) is 12.7 Å². The lowest BCUT2D eigenvalue weighted by Gasteiger charge is -2.18. The molecule has 0 amide bonds. The monoisotopic (exact) mass is 260 g/mol. The number of nitrogens with two attached hydrogens (primary N) is 1. The second-order valence-electron chi connectivity index (χ2n) is 3.98. The van der Waals surface area contributed by atoms with Crippen LogP contribution in [-0.4, -0.2) is 35.3 Å². The molecule has 0 saturated carbocycles. The van der Waals surface area contributed by atoms with Crippen LogP contribution in [0, 0.1) is 12.3 Å². The average Bonchev–Trinajstić information content (AvgIpc) is 2.91. The lowest BCUT2D eigenvalue weighted by atomic mass is 10.2. The number of rotatable bonds is 4. The summed E-state index contributed by atoms with van der Waals surface area (Å²) in [6, 6.07) is 0.0383. The number of nitrogens with zero attached hydrogens (tertiary/aromatic N) is 6. The van der Waals surface area contributed by atoms with Crippen molar-refractivity contribution in [2.24, 2.45) is 5.84 Å². The molecule has 0 unspecified atom stereocenters. The van der Waals surface area contributed by atoms with E-state index < -0.39 is 5.60 Å². The minimum Gasteiger partial charge on any atom is -0.444 e. The van der Waals surface area contributed by atoms with Crippen molar-refractivity contribution in [3.05, 3.63) is 12.7 Å². The number of ether oxygens (including phenoxy) is 1. The maximum absolute atomic E-state index is 5.48. The summed E-state index contributed by atoms with van der Waals surface area (Å²) in [6.45, 7) is 3.42. The smallest absolute Gasteiger partial charge is 0.324 e. The van der Waals surface area contributed by atoms with E-state index in [4.69, 9.17) is 17.0 Å². The van der Waals surface area contributed by atoms with Gasteiger partial charge in [-0.05, 0) is 13.8 Å². The molecule has 3 N–H and O–H groups in total. The zero-order chi connectivity index (χ0) is 13.9. The van der Waals surface area contributed by atoms with Crippen molar-refractivity contribution in [3.63, 3.8) is 0 Å². The molecule has 0 spiro atoms. The third kappa shape index (κ3) is 2.93. The summed E-state index contributed by atoms with van der Waals surface area (Å²) in [4.78, 5) is 15.9. The highest BCUT2D eigenvalue weighted by atomic mass is 16.5. The molecule has 2 aromatic rings. The SMILES string of the molecule is C#CC(C)(C)Oc1nc(NN)nc(-n2cncn2)n1. The van der Waals surface area contributed by atoms with Crippen LogP contribution in [-0.2, 0) is 0 Å². The molecule has 0 aromatic carbocycles. The molecule has 0 radical (unpaired) electrons. The highest BCUT2D eigenvalue weighted by Crippen LogP contribution is 2.15. The first-order chi connectivity index (χ1) is 9.04. The van der Waals surface area contributed by atoms with Crippen LogP contribution in [0.25, 0.3) is 5.95 Å². The summed E-state index contributed by atoms with van der Waals surface area (Å²) < 4.78 is 6.82. The Labute approximate surface area is 109 Å². The van der Waals surface area contributed by atoms with Crippen molar-refractivity contribution in [2.75, 3.05) is 5.43 Å². The van der Waals surface area contributed by atoms with Crippen LogP contribution in [0.5, 0.6) is 6.01 Å². The molecule has 98 valence electrons. The summed E-state index contributed by atoms with van der Waals surface area (Å²) in [6.07, 6.45) is 8.13. The van der Waals surface area contributed by atoms with Gasteiger partial charge in [0.2, 0.25) is 5.95 Å². The number of anilines is 1. The van der Waals surface area contributed by atoms with Gasteiger partial charge in [-0.2, -0.15) is 24.7 Å². The van der Waals surface area contributed by atoms with E-state index in [0.29, 0.717) is 0 Å². The summed E-state index contributed by atoms with van der Waals surface area (Å²) in [5.74, 6) is 8.11. The van der Waals surface area contributed by atoms with Gasteiger partial charge in [0.15, 0.2) is 5.60 Å². The highest BCUT2D eigenvalue weighted by molar-refractivity contribution is 5.28. The molecule has 9 nitrogen and oxygen atoms in total. The number of hydrogen-bond acceptors (Lipinski definition) is 8. The van der Waals surface area contributed by atoms with Crippen LogP contribution in [0.1, 0.15) is 13.8 Å². The topological polar surface area (TPSA) is 117 Å². The Balaban J connectivity index is 2.40. The summed E-state index contributed by atoms with van der Waals surface area (Å²) in [7, 11) is 0. The average molecular weight is 260 g/mol. The molecular weight excluding hydrogens is 248 g/mol. The van der Waals surface area contributed by atoms with Crippen molar-refractivity contribution in [1.29, 1.82) is 0 Å². The van der Waals surface area contributed by atoms with E-state index in [1.807, 2.05) is 0 Å². The van der Waals surface area contributed by atoms with Crippen molar-refractivity contribution in [2.45, 2.75) is 19.4 Å². The van der Waals surface area contributed by atoms with E-state index in [9.17, 15) is 0 Å². The fraction of sp³-hybridized carbons (Fsp3) is 0.300. The first-order valence-electron chi connectivity index (χ1n) is 5.28. The predicted octanol–water partition coefficient (Wildman–Crippen LogP) is -0.472. The Morgan fingerprint density at radius 2 is 2.21 bits per heavy atom. The van der Waals surface area contributed by atoms with Gasteiger partial charge >= 0.3 is 6.01 Å². The fourth-order valence-corrected chi connectivity index (χ4v) is 1.13. The lowest BCUT2D eigenvalue weighted by Crippen LogP contribution is -2.27. The Morgan fingerprint density at radius 3 is 2.79 bits per heavy atom. The maximum atomic E-state index is 5.48. The standard InChI is InChI=1S/C10H12N8O/c1-4-10(2,3)19-9-15-7(17-11)14-8(16-9)18-6-12-5-13-18/h1,5-6H,11H2,2-3H3,(H,14,15,16,17). The molecule has 0 aliphatic carbocycles. The van der Waals surface area contributed by atoms with E-state index in [-0.39, 0.29) is 17.9 Å². The number of hydrazine groups is 1. The van der Waals surface area contributed by atoms with Crippen LogP contribution >= 0.6 is 0 Å². The highest BCUT2D eigenvalue weighted by Gasteiger charge is 2.19. The summed E-state index contributed by atoms with van der Waals surface area (Å²) in [5, 5.41) is 3.91. The van der Waals surface area contributed by atoms with Crippen LogP contribution in [0.3, 0.4) is 0 Å². The molecule has 0 atom stereocenters. The van der Waals surface area contributed by atoms with Crippen molar-refractivity contribution >= 4 is 5.95 Å². The van der Waals surface area contributed by atoms with Crippen LogP contribution in [0.15, 0.2) is 12.7 Å². The molecule has 0 fully saturated rings. The molecule has 2 heterocycles. The number of terminal acetylenes is 1. The van der Waals surface area contributed by atoms with Crippen molar-refractivity contribution < 1.29 is 4.74 Å². The van der Waals surface area contributed by atoms with Crippen LogP contribution in [0.2, 0.25) is 0 Å². The molecule has 0 aliphatic heterocycles. The Hall–Kier alpha value is -2.73. The molecule has 0 saturated heterocycles. The first-order valence-corrected chi connectivity index (χ1v) is 5.28. The van der Waals surface area contributed by atoms with Gasteiger partial charge in [-0.3, -0.25) is 5.43 Å². The maximum Gasteiger partial charge on any atom is 0.324 e. The zero-order valence-electron chi connectivity index (χ0n) is 10.4. The van der Waals surface area contributed by atoms with Gasteiger partial charge in [0, 0.05) is 0 Å². The number of nitrogen functional groups attached to an aromatic ring is 1. The molecule has 2 aromatic heterocycles. The number of nitrogens with one attached hydrogen (secondary N) is 1. The van der Waals surface area contributed by atoms with Gasteiger partial charge < -0.3 is 4.74 Å². The Bertz CT molecular complexity index is 600. The molecule has 0 bridgehead atoms. The van der Waals surface area contributed by atoms with Gasteiger partial charge in [0.25, 0.3) is 5.95 Å². The molecule has 2 rings (SSSR count). The van der Waals surface area contributed by atoms with E-state index in [1.165, 1.54) is 17.3 Å². The Kier molecular flexibility index (Phi) is 3.26. The van der Waals surface area contributed by atoms with Crippen LogP contribution < -0.4 is 16.0 Å². The minimum atomic E-state index is -0.854. The van der Waals surface area contributed by atoms with E-state index >= 15 is 0 Å². The van der Waals surface area contributed by atoms with Gasteiger partial charge in [-0.1, -0.05) is 5.92 Å². The zero-order valence-corrected chi connectivity index (χ0v) is 10.4. The first kappa shape index (κ1) is 12.7. The quantitative estimate of drug-likeness (QED) is 0.430.